The number of β-lactam (4-membered cyclic amide) rings is 1. The van der Waals surface area contributed by atoms with Gasteiger partial charge in [-0.1, -0.05) is 16.9 Å². The molecule has 0 radical (unpaired) electrons. The quantitative estimate of drug-likeness (QED) is 0.0401. The number of fused-ring (bicyclic) bond motifs is 1. The van der Waals surface area contributed by atoms with E-state index in [1.54, 1.807) is 0 Å². The molecule has 2 aromatic heterocycles. The Morgan fingerprint density at radius 2 is 2.17 bits per heavy atom. The van der Waals surface area contributed by atoms with E-state index in [4.69, 9.17) is 10.6 Å². The normalized spacial score (nSPS) is 18.6. The van der Waals surface area contributed by atoms with E-state index in [1.165, 1.54) is 35.7 Å². The lowest BCUT2D eigenvalue weighted by molar-refractivity contribution is -0.150. The van der Waals surface area contributed by atoms with E-state index < -0.39 is 40.3 Å². The minimum atomic E-state index is -1.36. The van der Waals surface area contributed by atoms with Gasteiger partial charge < -0.3 is 25.7 Å². The Morgan fingerprint density at radius 1 is 1.39 bits per heavy atom. The second kappa shape index (κ2) is 12.8. The van der Waals surface area contributed by atoms with E-state index in [2.05, 4.69) is 30.4 Å². The number of thioether (sulfide) groups is 2. The number of hydrogen-bond donors (Lipinski definition) is 4. The van der Waals surface area contributed by atoms with Gasteiger partial charge in [-0.15, -0.1) is 28.2 Å². The van der Waals surface area contributed by atoms with E-state index in [0.29, 0.717) is 0 Å². The zero-order valence-corrected chi connectivity index (χ0v) is 23.3. The van der Waals surface area contributed by atoms with Crippen molar-refractivity contribution in [2.45, 2.75) is 23.1 Å². The van der Waals surface area contributed by atoms with Crippen LogP contribution in [0.3, 0.4) is 0 Å². The van der Waals surface area contributed by atoms with Gasteiger partial charge in [0.15, 0.2) is 16.0 Å². The van der Waals surface area contributed by atoms with Gasteiger partial charge in [0.25, 0.3) is 18.3 Å². The topological polar surface area (TPSA) is 241 Å². The highest BCUT2D eigenvalue weighted by atomic mass is 32.2. The van der Waals surface area contributed by atoms with Gasteiger partial charge in [0, 0.05) is 11.1 Å². The monoisotopic (exact) mass is 624 g/mol. The summed E-state index contributed by atoms with van der Waals surface area (Å²) in [5.74, 6) is -2.59. The van der Waals surface area contributed by atoms with Crippen LogP contribution in [0, 0.1) is 0 Å². The predicted molar refractivity (Wildman–Crippen MR) is 146 cm³/mol. The summed E-state index contributed by atoms with van der Waals surface area (Å²) >= 11 is 3.20. The number of rotatable bonds is 12. The number of hydrogen-bond acceptors (Lipinski definition) is 15. The Balaban J connectivity index is 1.51. The maximum absolute atomic E-state index is 13.0. The summed E-state index contributed by atoms with van der Waals surface area (Å²) < 4.78 is 5.58. The van der Waals surface area contributed by atoms with Gasteiger partial charge >= 0.3 is 17.1 Å². The van der Waals surface area contributed by atoms with Gasteiger partial charge in [0.1, 0.15) is 36.5 Å². The van der Waals surface area contributed by atoms with Crippen molar-refractivity contribution in [1.29, 1.82) is 0 Å². The minimum Gasteiger partial charge on any atom is -0.477 e. The number of thiazole rings is 1. The molecule has 0 aliphatic carbocycles. The van der Waals surface area contributed by atoms with Crippen molar-refractivity contribution >= 4 is 70.0 Å². The number of H-pyrrole nitrogens is 1. The first-order chi connectivity index (χ1) is 19.7. The number of amides is 2. The summed E-state index contributed by atoms with van der Waals surface area (Å²) in [6.07, 6.45) is 1.44. The molecule has 216 valence electrons. The minimum absolute atomic E-state index is 0.0531. The molecule has 2 aliphatic heterocycles. The Labute approximate surface area is 241 Å². The fourth-order valence-corrected chi connectivity index (χ4v) is 6.37. The molecule has 20 heteroatoms. The van der Waals surface area contributed by atoms with E-state index >= 15 is 0 Å². The molecule has 0 aromatic carbocycles. The summed E-state index contributed by atoms with van der Waals surface area (Å²) in [5.41, 5.74) is 3.71. The molecule has 1 fully saturated rings. The van der Waals surface area contributed by atoms with Crippen LogP contribution in [0.25, 0.3) is 0 Å². The molecule has 2 atom stereocenters. The van der Waals surface area contributed by atoms with E-state index in [-0.39, 0.29) is 58.3 Å². The molecule has 0 spiro atoms. The molecular weight excluding hydrogens is 604 g/mol. The average molecular weight is 625 g/mol. The maximum Gasteiger partial charge on any atom is 0.352 e. The van der Waals surface area contributed by atoms with Crippen LogP contribution in [0.4, 0.5) is 5.13 Å². The van der Waals surface area contributed by atoms with E-state index in [9.17, 15) is 33.9 Å². The second-order valence-electron chi connectivity index (χ2n) is 7.91. The predicted octanol–water partition coefficient (Wildman–Crippen LogP) is -1.46. The molecule has 5 N–H and O–H groups in total. The van der Waals surface area contributed by atoms with Crippen molar-refractivity contribution in [1.82, 2.24) is 30.0 Å². The van der Waals surface area contributed by atoms with Crippen molar-refractivity contribution in [3.63, 3.8) is 0 Å². The van der Waals surface area contributed by atoms with Crippen LogP contribution in [0.15, 0.2) is 48.0 Å². The number of allylic oxidation sites excluding steroid dienone is 1. The number of carbonyl (C=O) groups excluding carboxylic acids is 3. The standard InChI is InChI=1S/C21H20N8O9S3/c1-37-27-11(10-7-41-20(22)23-10)14(31)24-12-16(33)29-13(19(35)36)9(6-40-18(12)29)2-5-39-21-26-25-15(32)17(34)28(21)3-4-38-8-30/h2,5,7-8,12,18H,3-4,6H2,1H3,(H2,22,23)(H,24,31)(H,25,32)(H,35,36). The number of ether oxygens (including phenoxy) is 1. The second-order valence-corrected chi connectivity index (χ2v) is 10.8. The van der Waals surface area contributed by atoms with Gasteiger partial charge in [0.2, 0.25) is 0 Å². The van der Waals surface area contributed by atoms with Crippen molar-refractivity contribution < 1.29 is 33.9 Å². The fraction of sp³-hybridized carbons (Fsp3) is 0.286. The number of nitrogens with zero attached hydrogens (tertiary/aromatic N) is 5. The summed E-state index contributed by atoms with van der Waals surface area (Å²) in [7, 11) is 1.24. The molecule has 0 saturated carbocycles. The van der Waals surface area contributed by atoms with Gasteiger partial charge in [-0.3, -0.25) is 33.4 Å². The Bertz CT molecular complexity index is 1590. The number of anilines is 1. The number of nitrogen functional groups attached to an aromatic ring is 1. The lowest BCUT2D eigenvalue weighted by Gasteiger charge is -2.49. The molecule has 2 unspecified atom stereocenters. The first kappa shape index (κ1) is 29.6. The van der Waals surface area contributed by atoms with Gasteiger partial charge in [-0.25, -0.2) is 14.9 Å². The number of nitrogens with two attached hydrogens (primary N) is 1. The third-order valence-electron chi connectivity index (χ3n) is 5.52. The summed E-state index contributed by atoms with van der Waals surface area (Å²) in [6.45, 7) is -0.112. The molecule has 17 nitrogen and oxygen atoms in total. The van der Waals surface area contributed by atoms with Crippen LogP contribution in [-0.2, 0) is 35.3 Å². The van der Waals surface area contributed by atoms with Crippen LogP contribution >= 0.6 is 34.9 Å². The molecule has 4 rings (SSSR count). The third kappa shape index (κ3) is 6.18. The largest absolute Gasteiger partial charge is 0.477 e. The lowest BCUT2D eigenvalue weighted by Crippen LogP contribution is -2.71. The SMILES string of the molecule is CON=C(C(=O)NC1C(=O)N2C(C(=O)O)=C(C=CSc3n[nH]c(=O)c(=O)n3CCOC=O)CSC12)c1csc(N)n1. The fourth-order valence-electron chi connectivity index (χ4n) is 3.75. The van der Waals surface area contributed by atoms with Gasteiger partial charge in [0.05, 0.1) is 6.54 Å². The van der Waals surface area contributed by atoms with Crippen molar-refractivity contribution in [3.8, 4) is 0 Å². The van der Waals surface area contributed by atoms with Crippen LogP contribution < -0.4 is 22.2 Å². The number of carboxylic acids is 1. The molecular formula is C21H20N8O9S3. The number of aromatic amines is 1. The smallest absolute Gasteiger partial charge is 0.352 e. The molecule has 1 saturated heterocycles. The highest BCUT2D eigenvalue weighted by molar-refractivity contribution is 8.02. The van der Waals surface area contributed by atoms with Crippen LogP contribution in [0.2, 0.25) is 0 Å². The number of oxime groups is 1. The number of aliphatic carboxylic acids is 1. The number of nitrogens with one attached hydrogen (secondary N) is 2. The van der Waals surface area contributed by atoms with E-state index in [1.807, 2.05) is 0 Å². The average Bonchev–Trinajstić information content (AvgIpc) is 3.38. The Kier molecular flexibility index (Phi) is 9.24. The summed E-state index contributed by atoms with van der Waals surface area (Å²) in [6, 6.07) is -1.03. The van der Waals surface area contributed by atoms with Crippen molar-refractivity contribution in [2.24, 2.45) is 5.16 Å². The van der Waals surface area contributed by atoms with Gasteiger partial charge in [-0.05, 0) is 17.1 Å². The first-order valence-electron chi connectivity index (χ1n) is 11.3. The highest BCUT2D eigenvalue weighted by Gasteiger charge is 2.54. The van der Waals surface area contributed by atoms with Crippen molar-refractivity contribution in [2.75, 3.05) is 25.2 Å². The molecule has 41 heavy (non-hydrogen) atoms. The summed E-state index contributed by atoms with van der Waals surface area (Å²) in [4.78, 5) is 82.1. The molecule has 4 heterocycles. The van der Waals surface area contributed by atoms with Crippen molar-refractivity contribution in [3.05, 3.63) is 54.5 Å². The number of carbonyl (C=O) groups is 4. The first-order valence-corrected chi connectivity index (χ1v) is 14.1. The van der Waals surface area contributed by atoms with E-state index in [0.717, 1.165) is 32.6 Å². The maximum atomic E-state index is 13.0. The van der Waals surface area contributed by atoms with Crippen LogP contribution in [-0.4, -0.2) is 90.6 Å². The van der Waals surface area contributed by atoms with Crippen LogP contribution in [0.1, 0.15) is 5.69 Å². The number of carboxylic acid groups (broad SMARTS) is 1. The highest BCUT2D eigenvalue weighted by Crippen LogP contribution is 2.41. The molecule has 0 bridgehead atoms. The Hall–Kier alpha value is -4.43. The Morgan fingerprint density at radius 3 is 2.83 bits per heavy atom. The molecule has 2 aromatic rings. The molecule has 2 aliphatic rings. The zero-order chi connectivity index (χ0) is 29.7. The summed E-state index contributed by atoms with van der Waals surface area (Å²) in [5, 5.41) is 24.5. The lowest BCUT2D eigenvalue weighted by atomic mass is 10.0. The number of aromatic nitrogens is 4. The van der Waals surface area contributed by atoms with Gasteiger partial charge in [-0.2, -0.15) is 0 Å². The zero-order valence-electron chi connectivity index (χ0n) is 20.8. The third-order valence-corrected chi connectivity index (χ3v) is 8.29. The molecule has 2 amide bonds. The van der Waals surface area contributed by atoms with Crippen LogP contribution in [0.5, 0.6) is 0 Å².